The summed E-state index contributed by atoms with van der Waals surface area (Å²) in [6, 6.07) is 0. The first-order chi connectivity index (χ1) is 4.92. The van der Waals surface area contributed by atoms with Crippen molar-refractivity contribution < 1.29 is 10.2 Å². The van der Waals surface area contributed by atoms with Gasteiger partial charge in [0, 0.05) is 0 Å². The van der Waals surface area contributed by atoms with Gasteiger partial charge in [0.15, 0.2) is 0 Å². The predicted octanol–water partition coefficient (Wildman–Crippen LogP) is -0.858. The van der Waals surface area contributed by atoms with Gasteiger partial charge in [-0.15, -0.1) is 0 Å². The lowest BCUT2D eigenvalue weighted by molar-refractivity contribution is -0.0799. The van der Waals surface area contributed by atoms with Crippen LogP contribution in [0, 0.1) is 0 Å². The predicted molar refractivity (Wildman–Crippen MR) is 43.7 cm³/mol. The van der Waals surface area contributed by atoms with Crippen molar-refractivity contribution >= 4 is 0 Å². The summed E-state index contributed by atoms with van der Waals surface area (Å²) >= 11 is 0. The highest BCUT2D eigenvalue weighted by atomic mass is 16.3. The minimum absolute atomic E-state index is 0.512. The van der Waals surface area contributed by atoms with E-state index in [0.29, 0.717) is 6.42 Å². The van der Waals surface area contributed by atoms with Crippen LogP contribution in [0.3, 0.4) is 0 Å². The Balaban J connectivity index is 4.05. The number of aliphatic hydroxyl groups excluding tert-OH is 1. The second kappa shape index (κ2) is 4.01. The lowest BCUT2D eigenvalue weighted by Crippen LogP contribution is -2.58. The molecular formula is C7H18N2O2. The zero-order chi connectivity index (χ0) is 9.07. The van der Waals surface area contributed by atoms with Crippen LogP contribution in [0.5, 0.6) is 0 Å². The van der Waals surface area contributed by atoms with Crippen molar-refractivity contribution in [3.63, 3.8) is 0 Å². The molecule has 2 unspecified atom stereocenters. The fourth-order valence-corrected chi connectivity index (χ4v) is 0.788. The molecule has 0 saturated heterocycles. The van der Waals surface area contributed by atoms with Gasteiger partial charge in [-0.1, -0.05) is 13.3 Å². The summed E-state index contributed by atoms with van der Waals surface area (Å²) in [5, 5.41) is 18.8. The molecule has 68 valence electrons. The molecule has 0 bridgehead atoms. The van der Waals surface area contributed by atoms with Crippen molar-refractivity contribution in [2.45, 2.75) is 44.6 Å². The van der Waals surface area contributed by atoms with E-state index >= 15 is 0 Å². The van der Waals surface area contributed by atoms with E-state index in [2.05, 4.69) is 0 Å². The molecule has 0 rings (SSSR count). The number of aliphatic hydroxyl groups is 2. The molecule has 4 heteroatoms. The van der Waals surface area contributed by atoms with Gasteiger partial charge in [0.2, 0.25) is 0 Å². The van der Waals surface area contributed by atoms with E-state index in [1.165, 1.54) is 6.92 Å². The van der Waals surface area contributed by atoms with E-state index < -0.39 is 17.9 Å². The Bertz CT molecular complexity index is 115. The maximum absolute atomic E-state index is 9.49. The number of hydrogen-bond acceptors (Lipinski definition) is 4. The van der Waals surface area contributed by atoms with Crippen LogP contribution in [0.4, 0.5) is 0 Å². The monoisotopic (exact) mass is 162 g/mol. The molecule has 0 fully saturated rings. The molecule has 0 heterocycles. The normalized spacial score (nSPS) is 19.9. The third kappa shape index (κ3) is 2.75. The van der Waals surface area contributed by atoms with Gasteiger partial charge >= 0.3 is 0 Å². The average Bonchev–Trinajstić information content (AvgIpc) is 1.88. The summed E-state index contributed by atoms with van der Waals surface area (Å²) in [4.78, 5) is 0. The van der Waals surface area contributed by atoms with Crippen LogP contribution in [0.1, 0.15) is 26.7 Å². The van der Waals surface area contributed by atoms with Gasteiger partial charge < -0.3 is 21.7 Å². The Kier molecular flexibility index (Phi) is 3.96. The Morgan fingerprint density at radius 2 is 1.91 bits per heavy atom. The van der Waals surface area contributed by atoms with Gasteiger partial charge in [-0.05, 0) is 13.3 Å². The largest absolute Gasteiger partial charge is 0.390 e. The standard InChI is InChI=1S/C7H18N2O2/c1-3-4-5(10)7(2,11)6(8)9/h5-6,10-11H,3-4,8-9H2,1-2H3. The molecule has 4 nitrogen and oxygen atoms in total. The van der Waals surface area contributed by atoms with Crippen LogP contribution in [0.15, 0.2) is 0 Å². The fraction of sp³-hybridized carbons (Fsp3) is 1.00. The summed E-state index contributed by atoms with van der Waals surface area (Å²) in [7, 11) is 0. The molecule has 0 spiro atoms. The molecule has 0 aliphatic rings. The summed E-state index contributed by atoms with van der Waals surface area (Å²) in [5.74, 6) is 0. The molecule has 0 aromatic heterocycles. The molecule has 0 aromatic carbocycles. The lowest BCUT2D eigenvalue weighted by Gasteiger charge is -2.32. The number of nitrogens with two attached hydrogens (primary N) is 2. The second-order valence-corrected chi connectivity index (χ2v) is 3.06. The zero-order valence-corrected chi connectivity index (χ0v) is 7.12. The first-order valence-electron chi connectivity index (χ1n) is 3.84. The van der Waals surface area contributed by atoms with Crippen LogP contribution in [-0.2, 0) is 0 Å². The molecule has 0 aliphatic carbocycles. The van der Waals surface area contributed by atoms with Crippen molar-refractivity contribution in [1.29, 1.82) is 0 Å². The van der Waals surface area contributed by atoms with Gasteiger partial charge in [0.1, 0.15) is 5.60 Å². The molecule has 0 aliphatic heterocycles. The minimum atomic E-state index is -1.38. The van der Waals surface area contributed by atoms with E-state index in [9.17, 15) is 10.2 Å². The smallest absolute Gasteiger partial charge is 0.116 e. The van der Waals surface area contributed by atoms with E-state index in [1.54, 1.807) is 0 Å². The van der Waals surface area contributed by atoms with Crippen LogP contribution < -0.4 is 11.5 Å². The summed E-state index contributed by atoms with van der Waals surface area (Å²) in [5.41, 5.74) is 9.16. The van der Waals surface area contributed by atoms with Crippen molar-refractivity contribution in [2.75, 3.05) is 0 Å². The first-order valence-corrected chi connectivity index (χ1v) is 3.84. The lowest BCUT2D eigenvalue weighted by atomic mass is 9.93. The van der Waals surface area contributed by atoms with Gasteiger partial charge in [0.25, 0.3) is 0 Å². The SMILES string of the molecule is CCCC(O)C(C)(O)C(N)N. The average molecular weight is 162 g/mol. The first kappa shape index (κ1) is 10.8. The van der Waals surface area contributed by atoms with Gasteiger partial charge in [-0.2, -0.15) is 0 Å². The molecule has 0 radical (unpaired) electrons. The Morgan fingerprint density at radius 3 is 2.18 bits per heavy atom. The highest BCUT2D eigenvalue weighted by molar-refractivity contribution is 4.87. The minimum Gasteiger partial charge on any atom is -0.390 e. The summed E-state index contributed by atoms with van der Waals surface area (Å²) < 4.78 is 0. The van der Waals surface area contributed by atoms with Crippen molar-refractivity contribution in [3.8, 4) is 0 Å². The summed E-state index contributed by atoms with van der Waals surface area (Å²) in [6.07, 6.45) is -0.432. The topological polar surface area (TPSA) is 92.5 Å². The molecule has 0 aromatic rings. The fourth-order valence-electron chi connectivity index (χ4n) is 0.788. The van der Waals surface area contributed by atoms with Gasteiger partial charge in [-0.25, -0.2) is 0 Å². The highest BCUT2D eigenvalue weighted by Crippen LogP contribution is 2.15. The molecule has 0 saturated carbocycles. The maximum atomic E-state index is 9.49. The van der Waals surface area contributed by atoms with Crippen LogP contribution in [0.25, 0.3) is 0 Å². The molecule has 6 N–H and O–H groups in total. The van der Waals surface area contributed by atoms with Crippen molar-refractivity contribution in [3.05, 3.63) is 0 Å². The quantitative estimate of drug-likeness (QED) is 0.405. The molecule has 11 heavy (non-hydrogen) atoms. The van der Waals surface area contributed by atoms with Gasteiger partial charge in [0.05, 0.1) is 12.3 Å². The highest BCUT2D eigenvalue weighted by Gasteiger charge is 2.33. The molecule has 0 amide bonds. The number of hydrogen-bond donors (Lipinski definition) is 4. The second-order valence-electron chi connectivity index (χ2n) is 3.06. The Labute approximate surface area is 67.2 Å². The van der Waals surface area contributed by atoms with E-state index in [-0.39, 0.29) is 0 Å². The third-order valence-electron chi connectivity index (χ3n) is 1.91. The van der Waals surface area contributed by atoms with Crippen molar-refractivity contribution in [2.24, 2.45) is 11.5 Å². The number of rotatable bonds is 4. The third-order valence-corrected chi connectivity index (χ3v) is 1.91. The Hall–Kier alpha value is -0.160. The molecular weight excluding hydrogens is 144 g/mol. The zero-order valence-electron chi connectivity index (χ0n) is 7.12. The maximum Gasteiger partial charge on any atom is 0.116 e. The summed E-state index contributed by atoms with van der Waals surface area (Å²) in [6.45, 7) is 3.36. The Morgan fingerprint density at radius 1 is 1.45 bits per heavy atom. The van der Waals surface area contributed by atoms with Crippen LogP contribution >= 0.6 is 0 Å². The molecule has 2 atom stereocenters. The van der Waals surface area contributed by atoms with E-state index in [1.807, 2.05) is 6.92 Å². The van der Waals surface area contributed by atoms with Crippen LogP contribution in [-0.4, -0.2) is 28.1 Å². The van der Waals surface area contributed by atoms with E-state index in [4.69, 9.17) is 11.5 Å². The van der Waals surface area contributed by atoms with Gasteiger partial charge in [-0.3, -0.25) is 0 Å². The van der Waals surface area contributed by atoms with Crippen molar-refractivity contribution in [1.82, 2.24) is 0 Å². The van der Waals surface area contributed by atoms with Crippen LogP contribution in [0.2, 0.25) is 0 Å². The van der Waals surface area contributed by atoms with E-state index in [0.717, 1.165) is 6.42 Å².